The minimum atomic E-state index is -1.46. The van der Waals surface area contributed by atoms with Gasteiger partial charge >= 0.3 is 41.8 Å². The molecule has 2 aliphatic heterocycles. The number of rotatable bonds is 10. The number of ether oxygens (including phenoxy) is 9. The van der Waals surface area contributed by atoms with E-state index in [1.165, 1.54) is 6.92 Å². The molecule has 0 radical (unpaired) electrons. The highest BCUT2D eigenvalue weighted by Gasteiger charge is 2.56. The molecular weight excluding hydrogens is 600 g/mol. The minimum absolute atomic E-state index is 0.463. The standard InChI is InChI=1S/C26H36O16S/c1-10-19(36-12(3)28)21(38-14(5)30)23(40-16(7)32)25(35-10)43-26-24(41-17(8)33)22(39-15(6)31)20(37-13(4)29)18(42-26)9-34-11(2)27/h10,18-26H,9H2,1-8H3/t10-,18+,19+,20-,21+,22-,23-,24+,25-,26-/m0/s1. The van der Waals surface area contributed by atoms with Crippen LogP contribution >= 0.6 is 11.8 Å². The molecule has 0 amide bonds. The Hall–Kier alpha value is -3.44. The molecular formula is C26H36O16S. The molecule has 0 aromatic rings. The van der Waals surface area contributed by atoms with Crippen LogP contribution in [0.4, 0.5) is 0 Å². The molecule has 2 aliphatic rings. The minimum Gasteiger partial charge on any atom is -0.463 e. The van der Waals surface area contributed by atoms with Crippen molar-refractivity contribution in [2.75, 3.05) is 6.61 Å². The van der Waals surface area contributed by atoms with Gasteiger partial charge in [0, 0.05) is 48.5 Å². The van der Waals surface area contributed by atoms with Crippen molar-refractivity contribution in [2.24, 2.45) is 0 Å². The number of hydrogen-bond donors (Lipinski definition) is 0. The van der Waals surface area contributed by atoms with Gasteiger partial charge in [-0.2, -0.15) is 0 Å². The second kappa shape index (κ2) is 15.9. The van der Waals surface area contributed by atoms with E-state index in [0.717, 1.165) is 60.2 Å². The van der Waals surface area contributed by atoms with Crippen LogP contribution in [-0.2, 0) is 76.2 Å². The van der Waals surface area contributed by atoms with Gasteiger partial charge in [-0.25, -0.2) is 0 Å². The zero-order valence-electron chi connectivity index (χ0n) is 24.9. The fraction of sp³-hybridized carbons (Fsp3) is 0.731. The average molecular weight is 637 g/mol. The van der Waals surface area contributed by atoms with Crippen LogP contribution in [-0.4, -0.2) is 108 Å². The van der Waals surface area contributed by atoms with E-state index >= 15 is 0 Å². The van der Waals surface area contributed by atoms with Gasteiger partial charge in [0.1, 0.15) is 23.6 Å². The lowest BCUT2D eigenvalue weighted by Gasteiger charge is -2.47. The van der Waals surface area contributed by atoms with Crippen molar-refractivity contribution in [1.29, 1.82) is 0 Å². The first-order chi connectivity index (χ1) is 20.0. The zero-order valence-corrected chi connectivity index (χ0v) is 25.7. The maximum Gasteiger partial charge on any atom is 0.303 e. The maximum absolute atomic E-state index is 12.2. The van der Waals surface area contributed by atoms with Crippen LogP contribution < -0.4 is 0 Å². The Morgan fingerprint density at radius 2 is 0.837 bits per heavy atom. The van der Waals surface area contributed by atoms with Crippen molar-refractivity contribution in [3.05, 3.63) is 0 Å². The van der Waals surface area contributed by atoms with Gasteiger partial charge in [0.2, 0.25) is 0 Å². The Labute approximate surface area is 251 Å². The van der Waals surface area contributed by atoms with E-state index in [9.17, 15) is 33.6 Å². The van der Waals surface area contributed by atoms with Crippen molar-refractivity contribution in [1.82, 2.24) is 0 Å². The van der Waals surface area contributed by atoms with E-state index < -0.39 is 108 Å². The molecule has 2 saturated heterocycles. The number of carbonyl (C=O) groups is 7. The van der Waals surface area contributed by atoms with E-state index in [-0.39, 0.29) is 0 Å². The normalized spacial score (nSPS) is 31.9. The molecule has 0 N–H and O–H groups in total. The first kappa shape index (κ1) is 35.8. The van der Waals surface area contributed by atoms with Gasteiger partial charge < -0.3 is 42.6 Å². The summed E-state index contributed by atoms with van der Waals surface area (Å²) in [6, 6.07) is 0. The third kappa shape index (κ3) is 10.7. The fourth-order valence-electron chi connectivity index (χ4n) is 4.51. The van der Waals surface area contributed by atoms with Crippen LogP contribution in [0.25, 0.3) is 0 Å². The third-order valence-corrected chi connectivity index (χ3v) is 7.15. The van der Waals surface area contributed by atoms with E-state index in [4.69, 9.17) is 42.6 Å². The van der Waals surface area contributed by atoms with Gasteiger partial charge in [0.05, 0.1) is 6.10 Å². The Bertz CT molecular complexity index is 1080. The van der Waals surface area contributed by atoms with Gasteiger partial charge in [0.15, 0.2) is 36.6 Å². The monoisotopic (exact) mass is 636 g/mol. The zero-order chi connectivity index (χ0) is 32.6. The number of carbonyl (C=O) groups excluding carboxylic acids is 7. The van der Waals surface area contributed by atoms with Crippen molar-refractivity contribution >= 4 is 53.5 Å². The number of thioether (sulfide) groups is 1. The van der Waals surface area contributed by atoms with E-state index in [1.807, 2.05) is 0 Å². The molecule has 2 heterocycles. The topological polar surface area (TPSA) is 203 Å². The van der Waals surface area contributed by atoms with Gasteiger partial charge in [-0.05, 0) is 6.92 Å². The lowest BCUT2D eigenvalue weighted by Crippen LogP contribution is -2.63. The van der Waals surface area contributed by atoms with Crippen LogP contribution in [0.5, 0.6) is 0 Å². The van der Waals surface area contributed by atoms with Gasteiger partial charge in [-0.15, -0.1) is 0 Å². The van der Waals surface area contributed by atoms with E-state index in [1.54, 1.807) is 0 Å². The van der Waals surface area contributed by atoms with Crippen molar-refractivity contribution < 1.29 is 76.2 Å². The summed E-state index contributed by atoms with van der Waals surface area (Å²) in [7, 11) is 0. The molecule has 43 heavy (non-hydrogen) atoms. The summed E-state index contributed by atoms with van der Waals surface area (Å²) < 4.78 is 49.7. The summed E-state index contributed by atoms with van der Waals surface area (Å²) in [5.41, 5.74) is -2.53. The molecule has 10 atom stereocenters. The summed E-state index contributed by atoms with van der Waals surface area (Å²) in [4.78, 5) is 83.9. The van der Waals surface area contributed by atoms with Crippen molar-refractivity contribution in [2.45, 2.75) is 115 Å². The molecule has 0 spiro atoms. The molecule has 0 aromatic heterocycles. The summed E-state index contributed by atoms with van der Waals surface area (Å²) in [6.45, 7) is 8.79. The maximum atomic E-state index is 12.2. The quantitative estimate of drug-likeness (QED) is 0.234. The summed E-state index contributed by atoms with van der Waals surface area (Å²) in [5, 5.41) is 0. The molecule has 0 bridgehead atoms. The predicted molar refractivity (Wildman–Crippen MR) is 141 cm³/mol. The molecule has 16 nitrogen and oxygen atoms in total. The Morgan fingerprint density at radius 3 is 1.26 bits per heavy atom. The van der Waals surface area contributed by atoms with Gasteiger partial charge in [-0.3, -0.25) is 33.6 Å². The van der Waals surface area contributed by atoms with Crippen LogP contribution in [0.1, 0.15) is 55.4 Å². The number of esters is 7. The second-order valence-electron chi connectivity index (χ2n) is 9.64. The number of hydrogen-bond acceptors (Lipinski definition) is 17. The first-order valence-corrected chi connectivity index (χ1v) is 14.1. The second-order valence-corrected chi connectivity index (χ2v) is 10.8. The Balaban J connectivity index is 2.59. The molecule has 2 fully saturated rings. The largest absolute Gasteiger partial charge is 0.463 e. The van der Waals surface area contributed by atoms with Gasteiger partial charge in [-0.1, -0.05) is 11.8 Å². The molecule has 0 saturated carbocycles. The predicted octanol–water partition coefficient (Wildman–Crippen LogP) is 0.343. The van der Waals surface area contributed by atoms with E-state index in [0.29, 0.717) is 0 Å². The van der Waals surface area contributed by atoms with Crippen LogP contribution in [0.2, 0.25) is 0 Å². The highest BCUT2D eigenvalue weighted by Crippen LogP contribution is 2.41. The highest BCUT2D eigenvalue weighted by molar-refractivity contribution is 8.00. The molecule has 242 valence electrons. The van der Waals surface area contributed by atoms with Gasteiger partial charge in [0.25, 0.3) is 0 Å². The fourth-order valence-corrected chi connectivity index (χ4v) is 5.95. The smallest absolute Gasteiger partial charge is 0.303 e. The average Bonchev–Trinajstić information content (AvgIpc) is 2.84. The molecule has 0 aromatic carbocycles. The molecule has 2 rings (SSSR count). The summed E-state index contributed by atoms with van der Waals surface area (Å²) >= 11 is 0.784. The molecule has 0 unspecified atom stereocenters. The van der Waals surface area contributed by atoms with Crippen LogP contribution in [0.3, 0.4) is 0 Å². The summed E-state index contributed by atoms with van der Waals surface area (Å²) in [5.74, 6) is -5.43. The molecule has 0 aliphatic carbocycles. The molecule has 17 heteroatoms. The summed E-state index contributed by atoms with van der Waals surface area (Å²) in [6.07, 6.45) is -10.4. The Morgan fingerprint density at radius 1 is 0.488 bits per heavy atom. The lowest BCUT2D eigenvalue weighted by molar-refractivity contribution is -0.240. The van der Waals surface area contributed by atoms with E-state index in [2.05, 4.69) is 0 Å². The first-order valence-electron chi connectivity index (χ1n) is 13.1. The van der Waals surface area contributed by atoms with Crippen LogP contribution in [0.15, 0.2) is 0 Å². The Kier molecular flexibility index (Phi) is 13.2. The SMILES string of the molecule is CC(=O)OC[C@H]1O[C@@H](S[C@@H]2O[C@@H](C)[C@@H](OC(C)=O)[C@@H](OC(C)=O)[C@@H]2OC(C)=O)[C@H](OC(C)=O)[C@@H](OC(C)=O)[C@H]1OC(C)=O. The highest BCUT2D eigenvalue weighted by atomic mass is 32.2. The van der Waals surface area contributed by atoms with Crippen LogP contribution in [0, 0.1) is 0 Å². The lowest BCUT2D eigenvalue weighted by atomic mass is 9.99. The third-order valence-electron chi connectivity index (χ3n) is 5.85. The van der Waals surface area contributed by atoms with Crippen molar-refractivity contribution in [3.63, 3.8) is 0 Å². The van der Waals surface area contributed by atoms with Crippen molar-refractivity contribution in [3.8, 4) is 0 Å².